The van der Waals surface area contributed by atoms with Crippen molar-refractivity contribution in [3.8, 4) is 0 Å². The standard InChI is InChI=1S/C19H28N4O6S/c1-11-13(9-21(18(20)25)10-14(28-3)29-4)30-17-15(11)16(24)23(12-5-6-12)19(26)22(17)7-8-27-2/h12,14H,5-10H2,1-4H3,(H2,20,25). The molecule has 1 aliphatic rings. The molecule has 0 atom stereocenters. The molecule has 0 aliphatic heterocycles. The van der Waals surface area contributed by atoms with E-state index in [1.165, 1.54) is 35.0 Å². The summed E-state index contributed by atoms with van der Waals surface area (Å²) in [5.41, 5.74) is 5.71. The lowest BCUT2D eigenvalue weighted by Crippen LogP contribution is -2.41. The highest BCUT2D eigenvalue weighted by molar-refractivity contribution is 7.18. The molecule has 0 unspecified atom stereocenters. The Balaban J connectivity index is 2.09. The third-order valence-electron chi connectivity index (χ3n) is 5.31. The van der Waals surface area contributed by atoms with E-state index < -0.39 is 12.3 Å². The Hall–Kier alpha value is -2.21. The molecule has 2 N–H and O–H groups in total. The second-order valence-corrected chi connectivity index (χ2v) is 8.37. The lowest BCUT2D eigenvalue weighted by atomic mass is 10.2. The summed E-state index contributed by atoms with van der Waals surface area (Å²) < 4.78 is 18.5. The molecule has 10 nitrogen and oxygen atoms in total. The molecule has 0 radical (unpaired) electrons. The molecule has 2 aromatic heterocycles. The van der Waals surface area contributed by atoms with Crippen molar-refractivity contribution in [2.24, 2.45) is 5.73 Å². The number of carbonyl (C=O) groups excluding carboxylic acids is 1. The van der Waals surface area contributed by atoms with Gasteiger partial charge in [0.2, 0.25) is 0 Å². The molecule has 2 heterocycles. The number of urea groups is 1. The molecular weight excluding hydrogens is 412 g/mol. The highest BCUT2D eigenvalue weighted by atomic mass is 32.1. The third-order valence-corrected chi connectivity index (χ3v) is 6.61. The topological polar surface area (TPSA) is 118 Å². The van der Waals surface area contributed by atoms with Crippen molar-refractivity contribution >= 4 is 27.6 Å². The van der Waals surface area contributed by atoms with Gasteiger partial charge in [-0.2, -0.15) is 0 Å². The normalized spacial score (nSPS) is 14.0. The SMILES string of the molecule is COCCn1c(=O)n(C2CC2)c(=O)c2c(C)c(CN(CC(OC)OC)C(N)=O)sc21. The number of nitrogens with two attached hydrogens (primary N) is 1. The molecule has 1 aliphatic carbocycles. The molecule has 2 aromatic rings. The van der Waals surface area contributed by atoms with Crippen molar-refractivity contribution in [3.63, 3.8) is 0 Å². The summed E-state index contributed by atoms with van der Waals surface area (Å²) in [4.78, 5) is 40.9. The second kappa shape index (κ2) is 9.29. The van der Waals surface area contributed by atoms with Crippen LogP contribution < -0.4 is 17.0 Å². The highest BCUT2D eigenvalue weighted by Crippen LogP contribution is 2.34. The van der Waals surface area contributed by atoms with Crippen LogP contribution in [0, 0.1) is 6.92 Å². The molecule has 2 amide bonds. The average molecular weight is 441 g/mol. The Kier molecular flexibility index (Phi) is 6.96. The van der Waals surface area contributed by atoms with Gasteiger partial charge in [0.15, 0.2) is 6.29 Å². The van der Waals surface area contributed by atoms with Crippen LogP contribution in [0.3, 0.4) is 0 Å². The maximum Gasteiger partial charge on any atom is 0.332 e. The number of ether oxygens (including phenoxy) is 3. The summed E-state index contributed by atoms with van der Waals surface area (Å²) in [6, 6.07) is -0.671. The van der Waals surface area contributed by atoms with Crippen LogP contribution in [0.25, 0.3) is 10.2 Å². The number of aryl methyl sites for hydroxylation is 1. The molecule has 11 heteroatoms. The fourth-order valence-corrected chi connectivity index (χ4v) is 4.76. The fourth-order valence-electron chi connectivity index (χ4n) is 3.43. The monoisotopic (exact) mass is 440 g/mol. The van der Waals surface area contributed by atoms with Gasteiger partial charge in [-0.15, -0.1) is 11.3 Å². The number of thiophene rings is 1. The van der Waals surface area contributed by atoms with E-state index in [1.54, 1.807) is 11.7 Å². The summed E-state index contributed by atoms with van der Waals surface area (Å²) in [7, 11) is 4.52. The molecule has 1 fully saturated rings. The van der Waals surface area contributed by atoms with Crippen LogP contribution in [0.2, 0.25) is 0 Å². The minimum Gasteiger partial charge on any atom is -0.383 e. The minimum absolute atomic E-state index is 0.0442. The van der Waals surface area contributed by atoms with Gasteiger partial charge in [-0.3, -0.25) is 13.9 Å². The maximum absolute atomic E-state index is 13.2. The van der Waals surface area contributed by atoms with Crippen LogP contribution >= 0.6 is 11.3 Å². The first-order chi connectivity index (χ1) is 14.3. The van der Waals surface area contributed by atoms with Crippen molar-refractivity contribution < 1.29 is 19.0 Å². The van der Waals surface area contributed by atoms with Crippen molar-refractivity contribution in [2.45, 2.75) is 45.2 Å². The Bertz CT molecular complexity index is 1030. The van der Waals surface area contributed by atoms with E-state index in [9.17, 15) is 14.4 Å². The molecule has 3 rings (SSSR count). The number of nitrogens with zero attached hydrogens (tertiary/aromatic N) is 3. The summed E-state index contributed by atoms with van der Waals surface area (Å²) in [5, 5.41) is 0.511. The largest absolute Gasteiger partial charge is 0.383 e. The number of rotatable bonds is 10. The fraction of sp³-hybridized carbons (Fsp3) is 0.632. The first kappa shape index (κ1) is 22.5. The van der Waals surface area contributed by atoms with E-state index in [0.29, 0.717) is 23.4 Å². The second-order valence-electron chi connectivity index (χ2n) is 7.28. The first-order valence-electron chi connectivity index (χ1n) is 9.70. The van der Waals surface area contributed by atoms with Crippen LogP contribution in [-0.2, 0) is 27.3 Å². The van der Waals surface area contributed by atoms with E-state index in [4.69, 9.17) is 19.9 Å². The molecule has 0 bridgehead atoms. The Morgan fingerprint density at radius 3 is 2.47 bits per heavy atom. The van der Waals surface area contributed by atoms with Crippen LogP contribution in [-0.4, -0.2) is 60.8 Å². The quantitative estimate of drug-likeness (QED) is 0.551. The number of hydrogen-bond donors (Lipinski definition) is 1. The van der Waals surface area contributed by atoms with Crippen LogP contribution in [0.15, 0.2) is 9.59 Å². The zero-order valence-corrected chi connectivity index (χ0v) is 18.5. The van der Waals surface area contributed by atoms with E-state index in [0.717, 1.165) is 23.3 Å². The van der Waals surface area contributed by atoms with Gasteiger partial charge in [-0.05, 0) is 25.3 Å². The molecule has 166 valence electrons. The summed E-state index contributed by atoms with van der Waals surface area (Å²) in [6.07, 6.45) is 1.02. The number of amides is 2. The molecule has 0 saturated heterocycles. The Morgan fingerprint density at radius 1 is 1.27 bits per heavy atom. The lowest BCUT2D eigenvalue weighted by molar-refractivity contribution is -0.111. The van der Waals surface area contributed by atoms with E-state index in [-0.39, 0.29) is 30.4 Å². The summed E-state index contributed by atoms with van der Waals surface area (Å²) in [5.74, 6) is 0. The van der Waals surface area contributed by atoms with Crippen molar-refractivity contribution in [1.82, 2.24) is 14.0 Å². The van der Waals surface area contributed by atoms with E-state index >= 15 is 0 Å². The maximum atomic E-state index is 13.2. The summed E-state index contributed by atoms with van der Waals surface area (Å²) in [6.45, 7) is 2.85. The first-order valence-corrected chi connectivity index (χ1v) is 10.5. The number of methoxy groups -OCH3 is 3. The van der Waals surface area contributed by atoms with Crippen LogP contribution in [0.5, 0.6) is 0 Å². The summed E-state index contributed by atoms with van der Waals surface area (Å²) >= 11 is 1.32. The van der Waals surface area contributed by atoms with Crippen molar-refractivity contribution in [2.75, 3.05) is 34.5 Å². The zero-order valence-electron chi connectivity index (χ0n) is 17.7. The van der Waals surface area contributed by atoms with Crippen LogP contribution in [0.1, 0.15) is 29.3 Å². The minimum atomic E-state index is -0.627. The van der Waals surface area contributed by atoms with Gasteiger partial charge in [-0.1, -0.05) is 0 Å². The Labute approximate surface area is 177 Å². The molecule has 0 spiro atoms. The van der Waals surface area contributed by atoms with Gasteiger partial charge in [0, 0.05) is 32.2 Å². The average Bonchev–Trinajstić information content (AvgIpc) is 3.49. The van der Waals surface area contributed by atoms with Crippen molar-refractivity contribution in [3.05, 3.63) is 31.3 Å². The van der Waals surface area contributed by atoms with Gasteiger partial charge >= 0.3 is 11.7 Å². The highest BCUT2D eigenvalue weighted by Gasteiger charge is 2.30. The predicted octanol–water partition coefficient (Wildman–Crippen LogP) is 1.01. The Morgan fingerprint density at radius 2 is 1.93 bits per heavy atom. The van der Waals surface area contributed by atoms with Gasteiger partial charge in [0.05, 0.1) is 31.6 Å². The number of aromatic nitrogens is 2. The van der Waals surface area contributed by atoms with Gasteiger partial charge in [0.25, 0.3) is 5.56 Å². The van der Waals surface area contributed by atoms with Crippen molar-refractivity contribution in [1.29, 1.82) is 0 Å². The lowest BCUT2D eigenvalue weighted by Gasteiger charge is -2.24. The van der Waals surface area contributed by atoms with E-state index in [2.05, 4.69) is 0 Å². The van der Waals surface area contributed by atoms with Crippen LogP contribution in [0.4, 0.5) is 4.79 Å². The number of primary amides is 1. The molecule has 1 saturated carbocycles. The predicted molar refractivity (Wildman–Crippen MR) is 113 cm³/mol. The zero-order chi connectivity index (χ0) is 22.0. The molecule has 30 heavy (non-hydrogen) atoms. The van der Waals surface area contributed by atoms with E-state index in [1.807, 2.05) is 6.92 Å². The van der Waals surface area contributed by atoms with Gasteiger partial charge in [-0.25, -0.2) is 9.59 Å². The number of carbonyl (C=O) groups is 1. The van der Waals surface area contributed by atoms with Gasteiger partial charge in [0.1, 0.15) is 4.83 Å². The number of hydrogen-bond acceptors (Lipinski definition) is 7. The third kappa shape index (κ3) is 4.29. The molecule has 0 aromatic carbocycles. The molecular formula is C19H28N4O6S. The van der Waals surface area contributed by atoms with Gasteiger partial charge < -0.3 is 24.8 Å². The smallest absolute Gasteiger partial charge is 0.332 e. The number of fused-ring (bicyclic) bond motifs is 1.